The molecule has 0 spiro atoms. The third-order valence-electron chi connectivity index (χ3n) is 4.07. The van der Waals surface area contributed by atoms with E-state index < -0.39 is 5.97 Å². The number of esters is 1. The van der Waals surface area contributed by atoms with Crippen molar-refractivity contribution >= 4 is 18.0 Å². The van der Waals surface area contributed by atoms with Gasteiger partial charge in [-0.1, -0.05) is 6.08 Å². The molecule has 1 amide bonds. The first kappa shape index (κ1) is 17.8. The second-order valence-electron chi connectivity index (χ2n) is 5.96. The van der Waals surface area contributed by atoms with Crippen molar-refractivity contribution in [1.29, 1.82) is 0 Å². The molecule has 1 aliphatic carbocycles. The first-order valence-electron chi connectivity index (χ1n) is 8.62. The van der Waals surface area contributed by atoms with E-state index in [1.807, 2.05) is 6.07 Å². The van der Waals surface area contributed by atoms with Crippen LogP contribution in [0.4, 0.5) is 0 Å². The van der Waals surface area contributed by atoms with E-state index in [1.54, 1.807) is 29.4 Å². The largest absolute Gasteiger partial charge is 0.467 e. The molecule has 6 nitrogen and oxygen atoms in total. The van der Waals surface area contributed by atoms with Crippen LogP contribution in [0.25, 0.3) is 6.08 Å². The van der Waals surface area contributed by atoms with E-state index in [9.17, 15) is 9.59 Å². The van der Waals surface area contributed by atoms with Crippen LogP contribution in [-0.2, 0) is 20.9 Å². The van der Waals surface area contributed by atoms with Gasteiger partial charge in [0.1, 0.15) is 11.5 Å². The third kappa shape index (κ3) is 4.99. The fraction of sp³-hybridized carbons (Fsp3) is 0.300. The zero-order valence-electron chi connectivity index (χ0n) is 14.4. The molecule has 6 heteroatoms. The van der Waals surface area contributed by atoms with Crippen LogP contribution in [-0.4, -0.2) is 23.4 Å². The van der Waals surface area contributed by atoms with Crippen molar-refractivity contribution in [3.63, 3.8) is 0 Å². The summed E-state index contributed by atoms with van der Waals surface area (Å²) in [5.41, 5.74) is 0.958. The molecule has 2 aromatic rings. The Labute approximate surface area is 151 Å². The van der Waals surface area contributed by atoms with Crippen molar-refractivity contribution in [2.24, 2.45) is 0 Å². The highest BCUT2D eigenvalue weighted by Gasteiger charge is 2.21. The first-order valence-corrected chi connectivity index (χ1v) is 8.62. The lowest BCUT2D eigenvalue weighted by atomic mass is 10.0. The fourth-order valence-electron chi connectivity index (χ4n) is 2.77. The summed E-state index contributed by atoms with van der Waals surface area (Å²) < 4.78 is 15.5. The zero-order chi connectivity index (χ0) is 18.2. The molecular weight excluding hydrogens is 334 g/mol. The predicted molar refractivity (Wildman–Crippen MR) is 94.5 cm³/mol. The van der Waals surface area contributed by atoms with Gasteiger partial charge in [-0.3, -0.25) is 4.79 Å². The summed E-state index contributed by atoms with van der Waals surface area (Å²) in [7, 11) is 0. The van der Waals surface area contributed by atoms with Gasteiger partial charge in [0.15, 0.2) is 6.61 Å². The van der Waals surface area contributed by atoms with Crippen molar-refractivity contribution in [2.45, 2.75) is 32.2 Å². The SMILES string of the molecule is O=C(/C=C/c1ccco1)OCC(=O)N(Cc1ccco1)C1=CCCCC1. The topological polar surface area (TPSA) is 72.9 Å². The summed E-state index contributed by atoms with van der Waals surface area (Å²) in [5.74, 6) is 0.369. The molecule has 0 unspecified atom stereocenters. The number of ether oxygens (including phenoxy) is 1. The number of rotatable bonds is 7. The van der Waals surface area contributed by atoms with E-state index >= 15 is 0 Å². The maximum Gasteiger partial charge on any atom is 0.331 e. The number of hydrogen-bond acceptors (Lipinski definition) is 5. The number of furan rings is 2. The van der Waals surface area contributed by atoms with E-state index in [0.717, 1.165) is 31.4 Å². The van der Waals surface area contributed by atoms with Gasteiger partial charge >= 0.3 is 5.97 Å². The molecule has 0 atom stereocenters. The molecule has 136 valence electrons. The Morgan fingerprint density at radius 2 is 2.00 bits per heavy atom. The molecule has 1 aliphatic rings. The summed E-state index contributed by atoms with van der Waals surface area (Å²) in [4.78, 5) is 26.1. The predicted octanol–water partition coefficient (Wildman–Crippen LogP) is 3.92. The van der Waals surface area contributed by atoms with Gasteiger partial charge in [-0.05, 0) is 56.0 Å². The molecule has 0 N–H and O–H groups in total. The average Bonchev–Trinajstić information content (AvgIpc) is 3.37. The minimum atomic E-state index is -0.592. The van der Waals surface area contributed by atoms with E-state index in [2.05, 4.69) is 6.08 Å². The van der Waals surface area contributed by atoms with Crippen molar-refractivity contribution in [2.75, 3.05) is 6.61 Å². The van der Waals surface area contributed by atoms with Crippen molar-refractivity contribution in [3.05, 3.63) is 66.2 Å². The molecule has 0 aromatic carbocycles. The van der Waals surface area contributed by atoms with Crippen LogP contribution in [0.15, 0.2) is 63.5 Å². The van der Waals surface area contributed by atoms with Crippen molar-refractivity contribution < 1.29 is 23.2 Å². The Morgan fingerprint density at radius 3 is 2.69 bits per heavy atom. The Hall–Kier alpha value is -3.02. The van der Waals surface area contributed by atoms with Gasteiger partial charge in [0.05, 0.1) is 19.1 Å². The van der Waals surface area contributed by atoms with Gasteiger partial charge in [0, 0.05) is 11.8 Å². The Balaban J connectivity index is 1.59. The lowest BCUT2D eigenvalue weighted by molar-refractivity contribution is -0.147. The quantitative estimate of drug-likeness (QED) is 0.556. The molecule has 26 heavy (non-hydrogen) atoms. The van der Waals surface area contributed by atoms with Crippen molar-refractivity contribution in [1.82, 2.24) is 4.90 Å². The van der Waals surface area contributed by atoms with Gasteiger partial charge in [-0.15, -0.1) is 0 Å². The number of amides is 1. The van der Waals surface area contributed by atoms with E-state index in [1.165, 1.54) is 18.4 Å². The second kappa shape index (κ2) is 8.89. The number of carbonyl (C=O) groups excluding carboxylic acids is 2. The van der Waals surface area contributed by atoms with Crippen LogP contribution in [0.1, 0.15) is 37.2 Å². The van der Waals surface area contributed by atoms with Gasteiger partial charge in [0.25, 0.3) is 5.91 Å². The fourth-order valence-corrected chi connectivity index (χ4v) is 2.77. The first-order chi connectivity index (χ1) is 12.7. The summed E-state index contributed by atoms with van der Waals surface area (Å²) >= 11 is 0. The Kier molecular flexibility index (Phi) is 6.09. The molecule has 0 radical (unpaired) electrons. The van der Waals surface area contributed by atoms with Crippen LogP contribution < -0.4 is 0 Å². The van der Waals surface area contributed by atoms with Crippen LogP contribution >= 0.6 is 0 Å². The van der Waals surface area contributed by atoms with Crippen LogP contribution in [0, 0.1) is 0 Å². The lowest BCUT2D eigenvalue weighted by Crippen LogP contribution is -2.34. The number of hydrogen-bond donors (Lipinski definition) is 0. The molecule has 3 rings (SSSR count). The highest BCUT2D eigenvalue weighted by Crippen LogP contribution is 2.23. The Bertz CT molecular complexity index is 771. The molecule has 2 aromatic heterocycles. The molecule has 2 heterocycles. The second-order valence-corrected chi connectivity index (χ2v) is 5.96. The van der Waals surface area contributed by atoms with Gasteiger partial charge in [-0.2, -0.15) is 0 Å². The summed E-state index contributed by atoms with van der Waals surface area (Å²) in [6.45, 7) is 0.0107. The lowest BCUT2D eigenvalue weighted by Gasteiger charge is -2.26. The average molecular weight is 355 g/mol. The van der Waals surface area contributed by atoms with Crippen LogP contribution in [0.3, 0.4) is 0 Å². The minimum absolute atomic E-state index is 0.269. The molecule has 0 saturated heterocycles. The van der Waals surface area contributed by atoms with E-state index in [0.29, 0.717) is 18.1 Å². The molecular formula is C20H21NO5. The van der Waals surface area contributed by atoms with Gasteiger partial charge in [0.2, 0.25) is 0 Å². The smallest absolute Gasteiger partial charge is 0.331 e. The third-order valence-corrected chi connectivity index (χ3v) is 4.07. The summed E-state index contributed by atoms with van der Waals surface area (Å²) in [6.07, 6.45) is 11.8. The molecule has 0 aliphatic heterocycles. The summed E-state index contributed by atoms with van der Waals surface area (Å²) in [5, 5.41) is 0. The molecule has 0 fully saturated rings. The van der Waals surface area contributed by atoms with E-state index in [-0.39, 0.29) is 12.5 Å². The van der Waals surface area contributed by atoms with Crippen molar-refractivity contribution in [3.8, 4) is 0 Å². The normalized spacial score (nSPS) is 14.2. The highest BCUT2D eigenvalue weighted by atomic mass is 16.5. The van der Waals surface area contributed by atoms with Gasteiger partial charge in [-0.25, -0.2) is 4.79 Å². The minimum Gasteiger partial charge on any atom is -0.467 e. The highest BCUT2D eigenvalue weighted by molar-refractivity contribution is 5.89. The van der Waals surface area contributed by atoms with E-state index in [4.69, 9.17) is 13.6 Å². The van der Waals surface area contributed by atoms with Gasteiger partial charge < -0.3 is 18.5 Å². The monoisotopic (exact) mass is 355 g/mol. The zero-order valence-corrected chi connectivity index (χ0v) is 14.4. The Morgan fingerprint density at radius 1 is 1.15 bits per heavy atom. The number of allylic oxidation sites excluding steroid dienone is 2. The van der Waals surface area contributed by atoms with Crippen LogP contribution in [0.5, 0.6) is 0 Å². The summed E-state index contributed by atoms with van der Waals surface area (Å²) in [6, 6.07) is 7.04. The molecule has 0 bridgehead atoms. The standard InChI is InChI=1S/C20H21NO5/c22-19(15-26-20(23)11-10-17-8-4-12-24-17)21(14-18-9-5-13-25-18)16-6-2-1-3-7-16/h4-6,8-13H,1-3,7,14-15H2/b11-10+. The number of carbonyl (C=O) groups is 2. The molecule has 0 saturated carbocycles. The maximum absolute atomic E-state index is 12.6. The maximum atomic E-state index is 12.6. The van der Waals surface area contributed by atoms with Crippen LogP contribution in [0.2, 0.25) is 0 Å². The number of nitrogens with zero attached hydrogens (tertiary/aromatic N) is 1.